The predicted molar refractivity (Wildman–Crippen MR) is 114 cm³/mol. The maximum absolute atomic E-state index is 12.7. The van der Waals surface area contributed by atoms with Crippen LogP contribution in [0, 0.1) is 0 Å². The lowest BCUT2D eigenvalue weighted by atomic mass is 10.1. The number of rotatable bonds is 6. The standard InChI is InChI=1S/C20H17ClF2N4O3S/c21-20(22,23)30-15-3-1-13(2-4-15)26-19(29)12-9-16(17-5-7-25-31-17)18(24-10-12)27-8-6-14(28)11-27/h1-5,7,9-10,14,28H,6,8,11H2,(H,26,29). The molecule has 1 aliphatic rings. The summed E-state index contributed by atoms with van der Waals surface area (Å²) in [6, 6.07) is 8.95. The molecule has 4 rings (SSSR count). The van der Waals surface area contributed by atoms with Gasteiger partial charge in [0.05, 0.1) is 16.5 Å². The van der Waals surface area contributed by atoms with Crippen LogP contribution < -0.4 is 15.0 Å². The van der Waals surface area contributed by atoms with E-state index in [4.69, 9.17) is 11.6 Å². The number of nitrogens with zero attached hydrogens (tertiary/aromatic N) is 3. The van der Waals surface area contributed by atoms with E-state index in [0.717, 1.165) is 10.4 Å². The molecule has 162 valence electrons. The van der Waals surface area contributed by atoms with Gasteiger partial charge in [-0.2, -0.15) is 0 Å². The van der Waals surface area contributed by atoms with Crippen molar-refractivity contribution in [3.8, 4) is 16.2 Å². The van der Waals surface area contributed by atoms with Crippen LogP contribution >= 0.6 is 23.1 Å². The monoisotopic (exact) mass is 466 g/mol. The second-order valence-corrected chi connectivity index (χ2v) is 8.16. The lowest BCUT2D eigenvalue weighted by Gasteiger charge is -2.20. The smallest absolute Gasteiger partial charge is 0.420 e. The minimum Gasteiger partial charge on any atom is -0.420 e. The number of alkyl halides is 3. The summed E-state index contributed by atoms with van der Waals surface area (Å²) >= 11 is 6.03. The van der Waals surface area contributed by atoms with Crippen molar-refractivity contribution in [2.45, 2.75) is 18.1 Å². The number of pyridine rings is 1. The number of β-amino-alcohol motifs (C(OH)–C–C–N with tert-alkyl or cyclic N) is 1. The highest BCUT2D eigenvalue weighted by molar-refractivity contribution is 7.09. The summed E-state index contributed by atoms with van der Waals surface area (Å²) in [7, 11) is 0. The number of carbonyl (C=O) groups is 1. The molecule has 0 saturated carbocycles. The highest BCUT2D eigenvalue weighted by atomic mass is 35.5. The van der Waals surface area contributed by atoms with E-state index in [-0.39, 0.29) is 5.75 Å². The molecule has 0 aliphatic carbocycles. The van der Waals surface area contributed by atoms with Crippen LogP contribution in [0.5, 0.6) is 5.75 Å². The van der Waals surface area contributed by atoms with Gasteiger partial charge in [0.25, 0.3) is 5.91 Å². The molecule has 0 radical (unpaired) electrons. The molecular weight excluding hydrogens is 450 g/mol. The van der Waals surface area contributed by atoms with E-state index in [1.165, 1.54) is 42.0 Å². The van der Waals surface area contributed by atoms with Crippen molar-refractivity contribution in [3.63, 3.8) is 0 Å². The molecule has 1 aromatic carbocycles. The van der Waals surface area contributed by atoms with Gasteiger partial charge in [0.1, 0.15) is 11.6 Å². The molecule has 1 fully saturated rings. The molecule has 31 heavy (non-hydrogen) atoms. The number of halogens is 3. The third kappa shape index (κ3) is 5.27. The number of aromatic nitrogens is 2. The fourth-order valence-electron chi connectivity index (χ4n) is 3.25. The van der Waals surface area contributed by atoms with Crippen molar-refractivity contribution in [1.29, 1.82) is 0 Å². The van der Waals surface area contributed by atoms with E-state index in [0.29, 0.717) is 36.6 Å². The van der Waals surface area contributed by atoms with Gasteiger partial charge in [-0.25, -0.2) is 9.36 Å². The first-order valence-corrected chi connectivity index (χ1v) is 10.4. The molecule has 7 nitrogen and oxygen atoms in total. The first-order valence-electron chi connectivity index (χ1n) is 9.30. The molecule has 2 aromatic heterocycles. The van der Waals surface area contributed by atoms with E-state index < -0.39 is 17.6 Å². The molecular formula is C20H17ClF2N4O3S. The second-order valence-electron chi connectivity index (χ2n) is 6.89. The number of anilines is 2. The number of nitrogens with one attached hydrogen (secondary N) is 1. The van der Waals surface area contributed by atoms with Crippen LogP contribution in [0.2, 0.25) is 0 Å². The Labute approximate surface area is 185 Å². The summed E-state index contributed by atoms with van der Waals surface area (Å²) in [5, 5.41) is 12.6. The topological polar surface area (TPSA) is 87.6 Å². The third-order valence-corrected chi connectivity index (χ3v) is 5.50. The van der Waals surface area contributed by atoms with Crippen molar-refractivity contribution in [2.24, 2.45) is 0 Å². The Balaban J connectivity index is 1.55. The van der Waals surface area contributed by atoms with Gasteiger partial charge >= 0.3 is 5.57 Å². The van der Waals surface area contributed by atoms with Crippen LogP contribution in [-0.4, -0.2) is 45.1 Å². The number of hydrogen-bond donors (Lipinski definition) is 2. The first-order chi connectivity index (χ1) is 14.8. The first kappa shape index (κ1) is 21.4. The molecule has 1 amide bonds. The third-order valence-electron chi connectivity index (χ3n) is 4.64. The van der Waals surface area contributed by atoms with Crippen molar-refractivity contribution in [1.82, 2.24) is 9.36 Å². The highest BCUT2D eigenvalue weighted by Gasteiger charge is 2.28. The minimum atomic E-state index is -3.81. The Hall–Kier alpha value is -2.82. The molecule has 1 saturated heterocycles. The number of amides is 1. The zero-order valence-corrected chi connectivity index (χ0v) is 17.5. The maximum Gasteiger partial charge on any atom is 0.487 e. The van der Waals surface area contributed by atoms with E-state index >= 15 is 0 Å². The van der Waals surface area contributed by atoms with Gasteiger partial charge in [0.15, 0.2) is 0 Å². The fourth-order valence-corrected chi connectivity index (χ4v) is 3.94. The van der Waals surface area contributed by atoms with Crippen LogP contribution in [0.3, 0.4) is 0 Å². The number of benzene rings is 1. The van der Waals surface area contributed by atoms with Gasteiger partial charge in [-0.15, -0.1) is 8.78 Å². The lowest BCUT2D eigenvalue weighted by Crippen LogP contribution is -2.23. The van der Waals surface area contributed by atoms with Crippen molar-refractivity contribution in [3.05, 3.63) is 54.4 Å². The van der Waals surface area contributed by atoms with E-state index in [1.807, 2.05) is 11.0 Å². The van der Waals surface area contributed by atoms with Crippen molar-refractivity contribution in [2.75, 3.05) is 23.3 Å². The molecule has 1 unspecified atom stereocenters. The molecule has 1 atom stereocenters. The van der Waals surface area contributed by atoms with Gasteiger partial charge < -0.3 is 20.1 Å². The normalized spacial score (nSPS) is 16.4. The zero-order chi connectivity index (χ0) is 22.0. The quantitative estimate of drug-likeness (QED) is 0.529. The van der Waals surface area contributed by atoms with Crippen LogP contribution in [0.1, 0.15) is 16.8 Å². The highest BCUT2D eigenvalue weighted by Crippen LogP contribution is 2.34. The van der Waals surface area contributed by atoms with Crippen LogP contribution in [0.15, 0.2) is 48.8 Å². The summed E-state index contributed by atoms with van der Waals surface area (Å²) in [5.41, 5.74) is -2.35. The van der Waals surface area contributed by atoms with E-state index in [2.05, 4.69) is 19.4 Å². The lowest BCUT2D eigenvalue weighted by molar-refractivity contribution is -0.0964. The summed E-state index contributed by atoms with van der Waals surface area (Å²) in [6.07, 6.45) is 3.38. The van der Waals surface area contributed by atoms with Gasteiger partial charge in [-0.1, -0.05) is 0 Å². The van der Waals surface area contributed by atoms with Crippen LogP contribution in [0.4, 0.5) is 20.3 Å². The number of ether oxygens (including phenoxy) is 1. The number of aliphatic hydroxyl groups is 1. The summed E-state index contributed by atoms with van der Waals surface area (Å²) in [6.45, 7) is 1.14. The Morgan fingerprint density at radius 1 is 1.32 bits per heavy atom. The fraction of sp³-hybridized carbons (Fsp3) is 0.250. The summed E-state index contributed by atoms with van der Waals surface area (Å²) in [5.74, 6) is 0.132. The number of hydrogen-bond acceptors (Lipinski definition) is 7. The van der Waals surface area contributed by atoms with Crippen molar-refractivity contribution >= 4 is 40.5 Å². The minimum absolute atomic E-state index is 0.135. The summed E-state index contributed by atoms with van der Waals surface area (Å²) < 4.78 is 33.8. The Bertz CT molecular complexity index is 1060. The van der Waals surface area contributed by atoms with Gasteiger partial charge in [-0.3, -0.25) is 4.79 Å². The number of aliphatic hydroxyl groups excluding tert-OH is 1. The molecule has 0 bridgehead atoms. The van der Waals surface area contributed by atoms with Crippen LogP contribution in [0.25, 0.3) is 10.4 Å². The molecule has 0 spiro atoms. The molecule has 11 heteroatoms. The van der Waals surface area contributed by atoms with Gasteiger partial charge in [0.2, 0.25) is 0 Å². The van der Waals surface area contributed by atoms with E-state index in [9.17, 15) is 18.7 Å². The van der Waals surface area contributed by atoms with Crippen LogP contribution in [-0.2, 0) is 0 Å². The maximum atomic E-state index is 12.7. The Morgan fingerprint density at radius 2 is 2.10 bits per heavy atom. The molecule has 2 N–H and O–H groups in total. The Morgan fingerprint density at radius 3 is 2.71 bits per heavy atom. The SMILES string of the molecule is O=C(Nc1ccc(OC(F)(F)Cl)cc1)c1cnc(N2CCC(O)C2)c(-c2ccns2)c1. The average Bonchev–Trinajstić information content (AvgIpc) is 3.40. The molecule has 1 aliphatic heterocycles. The predicted octanol–water partition coefficient (Wildman–Crippen LogP) is 4.20. The Kier molecular flexibility index (Phi) is 6.03. The molecule has 3 aromatic rings. The van der Waals surface area contributed by atoms with Crippen molar-refractivity contribution < 1.29 is 23.4 Å². The second kappa shape index (κ2) is 8.74. The average molecular weight is 467 g/mol. The summed E-state index contributed by atoms with van der Waals surface area (Å²) in [4.78, 5) is 20.1. The van der Waals surface area contributed by atoms with Gasteiger partial charge in [-0.05, 0) is 54.4 Å². The van der Waals surface area contributed by atoms with Gasteiger partial charge in [0, 0.05) is 48.3 Å². The zero-order valence-electron chi connectivity index (χ0n) is 16.0. The van der Waals surface area contributed by atoms with E-state index in [1.54, 1.807) is 12.3 Å². The largest absolute Gasteiger partial charge is 0.487 e. The molecule has 3 heterocycles. The number of carbonyl (C=O) groups excluding carboxylic acids is 1.